The van der Waals surface area contributed by atoms with Crippen LogP contribution in [0.3, 0.4) is 0 Å². The summed E-state index contributed by atoms with van der Waals surface area (Å²) in [5.41, 5.74) is 0.269. The van der Waals surface area contributed by atoms with Gasteiger partial charge in [0.2, 0.25) is 17.7 Å². The fraction of sp³-hybridized carbons (Fsp3) is 0.214. The van der Waals surface area contributed by atoms with Crippen molar-refractivity contribution < 1.29 is 49.9 Å². The van der Waals surface area contributed by atoms with Gasteiger partial charge in [-0.05, 0) is 49.0 Å². The molecule has 0 saturated heterocycles. The maximum atomic E-state index is 14.9. The fourth-order valence-corrected chi connectivity index (χ4v) is 4.50. The zero-order valence-corrected chi connectivity index (χ0v) is 25.8. The van der Waals surface area contributed by atoms with E-state index < -0.39 is 35.4 Å². The zero-order chi connectivity index (χ0) is 27.4. The molecule has 0 bridgehead atoms. The number of hydrogen-bond donors (Lipinski definition) is 2. The van der Waals surface area contributed by atoms with Gasteiger partial charge in [0.1, 0.15) is 5.82 Å². The van der Waals surface area contributed by atoms with Crippen molar-refractivity contribution in [1.29, 1.82) is 0 Å². The molecule has 2 aromatic carbocycles. The number of amides is 3. The molecular weight excluding hydrogens is 749 g/mol. The number of pyridine rings is 1. The Morgan fingerprint density at radius 3 is 2.21 bits per heavy atom. The molecule has 8 nitrogen and oxygen atoms in total. The number of aromatic nitrogens is 1. The predicted molar refractivity (Wildman–Crippen MR) is 143 cm³/mol. The van der Waals surface area contributed by atoms with Gasteiger partial charge in [0.15, 0.2) is 0 Å². The average molecular weight is 775 g/mol. The summed E-state index contributed by atoms with van der Waals surface area (Å²) >= 11 is 5.90. The molecule has 1 fully saturated rings. The average Bonchev–Trinajstić information content (AvgIpc) is 3.66. The number of hydrogen-bond acceptors (Lipinski definition) is 4. The Labute approximate surface area is 254 Å². The van der Waals surface area contributed by atoms with Crippen LogP contribution in [0.1, 0.15) is 6.42 Å². The van der Waals surface area contributed by atoms with Crippen LogP contribution in [0, 0.1) is 68.5 Å². The molecule has 3 amide bonds. The molecule has 39 heavy (non-hydrogen) atoms. The monoisotopic (exact) mass is 774 g/mol. The summed E-state index contributed by atoms with van der Waals surface area (Å²) in [6, 6.07) is 14.9. The molecule has 0 aliphatic heterocycles. The van der Waals surface area contributed by atoms with Gasteiger partial charge in [-0.1, -0.05) is 17.7 Å². The summed E-state index contributed by atoms with van der Waals surface area (Å²) < 4.78 is 16.2. The molecule has 1 saturated carbocycles. The van der Waals surface area contributed by atoms with Gasteiger partial charge >= 0.3 is 31.1 Å². The van der Waals surface area contributed by atoms with Gasteiger partial charge in [0, 0.05) is 29.0 Å². The topological polar surface area (TPSA) is 101 Å². The van der Waals surface area contributed by atoms with E-state index >= 15 is 0 Å². The summed E-state index contributed by atoms with van der Waals surface area (Å²) in [6.07, 6.45) is 1.94. The van der Waals surface area contributed by atoms with Gasteiger partial charge in [-0.3, -0.25) is 23.7 Å². The third-order valence-corrected chi connectivity index (χ3v) is 6.60. The quantitative estimate of drug-likeness (QED) is 0.322. The number of nitrogens with zero attached hydrogens (tertiary/aromatic N) is 2. The molecule has 3 aromatic rings. The molecule has 1 aliphatic rings. The van der Waals surface area contributed by atoms with Crippen LogP contribution < -0.4 is 16.2 Å². The molecule has 0 spiro atoms. The number of rotatable bonds is 9. The van der Waals surface area contributed by atoms with Crippen molar-refractivity contribution in [2.24, 2.45) is 17.8 Å². The maximum absolute atomic E-state index is 14.9. The van der Waals surface area contributed by atoms with Crippen LogP contribution in [0.5, 0.6) is 0 Å². The molecule has 2 N–H and O–H groups in total. The minimum absolute atomic E-state index is 0. The third-order valence-electron chi connectivity index (χ3n) is 6.34. The Kier molecular flexibility index (Phi) is 10.5. The van der Waals surface area contributed by atoms with E-state index in [0.29, 0.717) is 23.7 Å². The standard InChI is InChI=1S/C28H26ClFN4O4.U/c1-3-14-33(4-2)28(38)25-23(26(36)31-18-10-8-17(29)9-11-18)24(25)27(37)32-21-13-12-19(16-20(21)30)34-15-6-5-7-22(34)35;/h5-13,15-16,23-25H,1-4,14H2,(H,31,36)(H,32,37);/q-2;+2/t23-,24+,25+;/m1./s1. The number of halogens is 2. The van der Waals surface area contributed by atoms with Crippen molar-refractivity contribution in [3.8, 4) is 5.69 Å². The van der Waals surface area contributed by atoms with Crippen LogP contribution in [0.2, 0.25) is 5.02 Å². The third kappa shape index (κ3) is 6.99. The van der Waals surface area contributed by atoms with E-state index in [1.165, 1.54) is 33.9 Å². The molecular formula is C28H26ClFN4O4U. The van der Waals surface area contributed by atoms with E-state index in [1.807, 2.05) is 0 Å². The second-order valence-electron chi connectivity index (χ2n) is 8.81. The Bertz CT molecular complexity index is 1420. The van der Waals surface area contributed by atoms with Gasteiger partial charge in [0.25, 0.3) is 5.56 Å². The van der Waals surface area contributed by atoms with E-state index in [-0.39, 0.29) is 60.5 Å². The van der Waals surface area contributed by atoms with E-state index in [0.717, 1.165) is 6.07 Å². The summed E-state index contributed by atoms with van der Waals surface area (Å²) in [5, 5.41) is 5.70. The minimum Gasteiger partial charge on any atom is -0.375 e. The molecule has 4 rings (SSSR count). The molecule has 3 atom stereocenters. The van der Waals surface area contributed by atoms with Crippen molar-refractivity contribution in [2.45, 2.75) is 6.42 Å². The van der Waals surface area contributed by atoms with Crippen LogP contribution in [0.4, 0.5) is 15.8 Å². The summed E-state index contributed by atoms with van der Waals surface area (Å²) in [4.78, 5) is 53.0. The first-order chi connectivity index (χ1) is 18.2. The number of nitrogens with one attached hydrogen (secondary N) is 2. The second kappa shape index (κ2) is 13.4. The number of benzene rings is 2. The van der Waals surface area contributed by atoms with Crippen LogP contribution in [0.15, 0.2) is 71.7 Å². The van der Waals surface area contributed by atoms with E-state index in [9.17, 15) is 23.6 Å². The zero-order valence-electron chi connectivity index (χ0n) is 20.9. The van der Waals surface area contributed by atoms with Gasteiger partial charge in [-0.2, -0.15) is 6.42 Å². The van der Waals surface area contributed by atoms with Crippen molar-refractivity contribution in [2.75, 3.05) is 23.7 Å². The van der Waals surface area contributed by atoms with Crippen molar-refractivity contribution >= 4 is 40.7 Å². The van der Waals surface area contributed by atoms with Crippen LogP contribution in [0.25, 0.3) is 5.69 Å². The van der Waals surface area contributed by atoms with Gasteiger partial charge in [-0.15, -0.1) is 6.54 Å². The fourth-order valence-electron chi connectivity index (χ4n) is 4.38. The summed E-state index contributed by atoms with van der Waals surface area (Å²) in [6.45, 7) is 7.99. The molecule has 11 heteroatoms. The van der Waals surface area contributed by atoms with Crippen LogP contribution >= 0.6 is 11.6 Å². The van der Waals surface area contributed by atoms with E-state index in [2.05, 4.69) is 24.5 Å². The molecule has 0 radical (unpaired) electrons. The van der Waals surface area contributed by atoms with Crippen molar-refractivity contribution in [3.05, 3.63) is 102 Å². The number of carbonyl (C=O) groups excluding carboxylic acids is 3. The largest absolute Gasteiger partial charge is 2.00 e. The number of carbonyl (C=O) groups is 3. The van der Waals surface area contributed by atoms with E-state index in [1.54, 1.807) is 36.4 Å². The molecule has 200 valence electrons. The smallest absolute Gasteiger partial charge is 0.375 e. The predicted octanol–water partition coefficient (Wildman–Crippen LogP) is 3.96. The van der Waals surface area contributed by atoms with Gasteiger partial charge in [-0.25, -0.2) is 4.39 Å². The molecule has 1 aromatic heterocycles. The Balaban J connectivity index is 0.00000420. The Morgan fingerprint density at radius 2 is 1.62 bits per heavy atom. The summed E-state index contributed by atoms with van der Waals surface area (Å²) in [7, 11) is 0. The van der Waals surface area contributed by atoms with Gasteiger partial charge < -0.3 is 29.4 Å². The summed E-state index contributed by atoms with van der Waals surface area (Å²) in [5.74, 6) is -5.23. The minimum atomic E-state index is -1.01. The SMILES string of the molecule is [CH2-]CCN(C[CH2-])C(=O)[C@H]1[C@H](C(=O)Nc2ccc(Cl)cc2)[C@@H]1C(=O)Nc1ccc(-n2ccccc2=O)cc1F.[U+2]. The molecule has 0 unspecified atom stereocenters. The molecule has 1 aliphatic carbocycles. The van der Waals surface area contributed by atoms with Crippen molar-refractivity contribution in [3.63, 3.8) is 0 Å². The van der Waals surface area contributed by atoms with Gasteiger partial charge in [0.05, 0.1) is 29.1 Å². The van der Waals surface area contributed by atoms with E-state index in [4.69, 9.17) is 11.6 Å². The normalized spacial score (nSPS) is 17.5. The number of anilines is 2. The maximum Gasteiger partial charge on any atom is 2.00 e. The van der Waals surface area contributed by atoms with Crippen molar-refractivity contribution in [1.82, 2.24) is 9.47 Å². The Hall–Kier alpha value is -2.93. The first kappa shape index (κ1) is 30.6. The second-order valence-corrected chi connectivity index (χ2v) is 9.25. The Morgan fingerprint density at radius 1 is 0.949 bits per heavy atom. The molecule has 1 heterocycles. The first-order valence-electron chi connectivity index (χ1n) is 12.0. The first-order valence-corrected chi connectivity index (χ1v) is 12.3. The van der Waals surface area contributed by atoms with Crippen LogP contribution in [-0.2, 0) is 14.4 Å². The van der Waals surface area contributed by atoms with Crippen LogP contribution in [-0.4, -0.2) is 40.3 Å².